The molecule has 1 rings (SSSR count). The number of nitriles is 1. The van der Waals surface area contributed by atoms with E-state index in [-0.39, 0.29) is 13.0 Å². The molecule has 0 amide bonds. The number of alkyl halides is 2. The smallest absolute Gasteiger partial charge is 0.263 e. The summed E-state index contributed by atoms with van der Waals surface area (Å²) in [5.41, 5.74) is 0. The van der Waals surface area contributed by atoms with Gasteiger partial charge in [0.15, 0.2) is 0 Å². The van der Waals surface area contributed by atoms with E-state index in [0.717, 1.165) is 0 Å². The molecule has 0 unspecified atom stereocenters. The van der Waals surface area contributed by atoms with E-state index in [2.05, 4.69) is 0 Å². The van der Waals surface area contributed by atoms with Crippen molar-refractivity contribution in [1.82, 2.24) is 4.90 Å². The molecular weight excluding hydrogens is 138 g/mol. The van der Waals surface area contributed by atoms with E-state index >= 15 is 0 Å². The predicted octanol–water partition coefficient (Wildman–Crippen LogP) is 0.849. The van der Waals surface area contributed by atoms with Gasteiger partial charge in [-0.25, -0.2) is 8.78 Å². The van der Waals surface area contributed by atoms with Crippen LogP contribution in [0.2, 0.25) is 0 Å². The Balaban J connectivity index is 2.63. The van der Waals surface area contributed by atoms with Crippen molar-refractivity contribution in [3.8, 4) is 6.07 Å². The van der Waals surface area contributed by atoms with Gasteiger partial charge in [0.05, 0.1) is 12.6 Å². The molecule has 1 aliphatic rings. The molecule has 0 N–H and O–H groups in total. The van der Waals surface area contributed by atoms with Crippen molar-refractivity contribution in [1.29, 1.82) is 5.26 Å². The Kier molecular flexibility index (Phi) is 1.61. The molecule has 0 radical (unpaired) electrons. The summed E-state index contributed by atoms with van der Waals surface area (Å²) in [6, 6.07) is 1.21. The highest BCUT2D eigenvalue weighted by Crippen LogP contribution is 2.29. The van der Waals surface area contributed by atoms with Crippen LogP contribution in [0.4, 0.5) is 8.78 Å². The van der Waals surface area contributed by atoms with Crippen molar-refractivity contribution in [3.63, 3.8) is 0 Å². The highest BCUT2D eigenvalue weighted by Gasteiger charge is 2.43. The molecule has 2 nitrogen and oxygen atoms in total. The van der Waals surface area contributed by atoms with E-state index in [4.69, 9.17) is 5.26 Å². The van der Waals surface area contributed by atoms with Gasteiger partial charge in [-0.2, -0.15) is 5.26 Å². The molecule has 10 heavy (non-hydrogen) atoms. The zero-order chi connectivity index (χ0) is 7.78. The van der Waals surface area contributed by atoms with E-state index in [1.54, 1.807) is 0 Å². The van der Waals surface area contributed by atoms with Crippen molar-refractivity contribution in [3.05, 3.63) is 0 Å². The van der Waals surface area contributed by atoms with Crippen molar-refractivity contribution >= 4 is 0 Å². The Morgan fingerprint density at radius 3 is 2.50 bits per heavy atom. The lowest BCUT2D eigenvalue weighted by Gasteiger charge is -2.09. The second kappa shape index (κ2) is 2.17. The quantitative estimate of drug-likeness (QED) is 0.506. The van der Waals surface area contributed by atoms with Crippen LogP contribution in [0.3, 0.4) is 0 Å². The summed E-state index contributed by atoms with van der Waals surface area (Å²) in [5.74, 6) is -2.66. The fourth-order valence-corrected chi connectivity index (χ4v) is 1.12. The SMILES string of the molecule is CN1CC(F)(F)C[C@@H]1C#N. The Bertz CT molecular complexity index is 173. The van der Waals surface area contributed by atoms with E-state index < -0.39 is 12.0 Å². The van der Waals surface area contributed by atoms with Crippen LogP contribution in [-0.4, -0.2) is 30.5 Å². The van der Waals surface area contributed by atoms with Crippen LogP contribution in [0, 0.1) is 11.3 Å². The van der Waals surface area contributed by atoms with Gasteiger partial charge in [0.25, 0.3) is 5.92 Å². The second-order valence-electron chi connectivity index (χ2n) is 2.62. The molecule has 0 spiro atoms. The van der Waals surface area contributed by atoms with Crippen LogP contribution in [0.1, 0.15) is 6.42 Å². The molecule has 1 fully saturated rings. The number of nitrogens with zero attached hydrogens (tertiary/aromatic N) is 2. The molecule has 0 aromatic carbocycles. The summed E-state index contributed by atoms with van der Waals surface area (Å²) in [7, 11) is 1.54. The number of hydrogen-bond acceptors (Lipinski definition) is 2. The largest absolute Gasteiger partial charge is 0.285 e. The van der Waals surface area contributed by atoms with Crippen LogP contribution >= 0.6 is 0 Å². The van der Waals surface area contributed by atoms with Gasteiger partial charge in [0.1, 0.15) is 6.04 Å². The number of rotatable bonds is 0. The second-order valence-corrected chi connectivity index (χ2v) is 2.62. The van der Waals surface area contributed by atoms with Gasteiger partial charge in [0, 0.05) is 6.42 Å². The molecule has 1 saturated heterocycles. The monoisotopic (exact) mass is 146 g/mol. The summed E-state index contributed by atoms with van der Waals surface area (Å²) in [6.07, 6.45) is -0.319. The molecule has 0 aliphatic carbocycles. The van der Waals surface area contributed by atoms with E-state index in [0.29, 0.717) is 0 Å². The highest BCUT2D eigenvalue weighted by atomic mass is 19.3. The summed E-state index contributed by atoms with van der Waals surface area (Å²) < 4.78 is 24.9. The van der Waals surface area contributed by atoms with Crippen molar-refractivity contribution in [2.24, 2.45) is 0 Å². The van der Waals surface area contributed by atoms with Gasteiger partial charge in [0.2, 0.25) is 0 Å². The Labute approximate surface area is 58.0 Å². The molecule has 0 bridgehead atoms. The maximum atomic E-state index is 12.4. The first-order valence-electron chi connectivity index (χ1n) is 3.03. The van der Waals surface area contributed by atoms with Gasteiger partial charge in [-0.05, 0) is 7.05 Å². The number of hydrogen-bond donors (Lipinski definition) is 0. The molecule has 56 valence electrons. The lowest BCUT2D eigenvalue weighted by molar-refractivity contribution is 0.0143. The zero-order valence-corrected chi connectivity index (χ0v) is 5.64. The maximum Gasteiger partial charge on any atom is 0.263 e. The third-order valence-corrected chi connectivity index (χ3v) is 1.65. The summed E-state index contributed by atoms with van der Waals surface area (Å²) in [4.78, 5) is 1.38. The third-order valence-electron chi connectivity index (χ3n) is 1.65. The van der Waals surface area contributed by atoms with Crippen LogP contribution in [0.5, 0.6) is 0 Å². The topological polar surface area (TPSA) is 27.0 Å². The minimum Gasteiger partial charge on any atom is -0.285 e. The van der Waals surface area contributed by atoms with Crippen molar-refractivity contribution in [2.75, 3.05) is 13.6 Å². The van der Waals surface area contributed by atoms with Crippen LogP contribution in [0.25, 0.3) is 0 Å². The number of likely N-dealkylation sites (tertiary alicyclic amines) is 1. The maximum absolute atomic E-state index is 12.4. The first-order valence-corrected chi connectivity index (χ1v) is 3.03. The Morgan fingerprint density at radius 1 is 1.70 bits per heavy atom. The fourth-order valence-electron chi connectivity index (χ4n) is 1.12. The van der Waals surface area contributed by atoms with Gasteiger partial charge in [-0.3, -0.25) is 4.90 Å². The fraction of sp³-hybridized carbons (Fsp3) is 0.833. The lowest BCUT2D eigenvalue weighted by Crippen LogP contribution is -2.24. The average molecular weight is 146 g/mol. The normalized spacial score (nSPS) is 32.0. The molecular formula is C6H8F2N2. The minimum absolute atomic E-state index is 0.286. The van der Waals surface area contributed by atoms with Gasteiger partial charge >= 0.3 is 0 Å². The highest BCUT2D eigenvalue weighted by molar-refractivity contribution is 5.00. The molecule has 1 atom stereocenters. The summed E-state index contributed by atoms with van der Waals surface area (Å²) >= 11 is 0. The lowest BCUT2D eigenvalue weighted by atomic mass is 10.2. The Morgan fingerprint density at radius 2 is 2.30 bits per heavy atom. The van der Waals surface area contributed by atoms with E-state index in [1.807, 2.05) is 6.07 Å². The molecule has 0 saturated carbocycles. The molecule has 1 heterocycles. The molecule has 1 aliphatic heterocycles. The molecule has 4 heteroatoms. The molecule has 0 aromatic rings. The van der Waals surface area contributed by atoms with Crippen LogP contribution < -0.4 is 0 Å². The standard InChI is InChI=1S/C6H8F2N2/c1-10-4-6(7,8)2-5(10)3-9/h5H,2,4H2,1H3/t5-/m1/s1. The minimum atomic E-state index is -2.66. The Hall–Kier alpha value is -0.690. The average Bonchev–Trinajstić information content (AvgIpc) is 2.05. The number of halogens is 2. The van der Waals surface area contributed by atoms with Gasteiger partial charge < -0.3 is 0 Å². The zero-order valence-electron chi connectivity index (χ0n) is 5.64. The van der Waals surface area contributed by atoms with E-state index in [1.165, 1.54) is 11.9 Å². The third kappa shape index (κ3) is 1.24. The van der Waals surface area contributed by atoms with Crippen LogP contribution in [0.15, 0.2) is 0 Å². The first-order chi connectivity index (χ1) is 4.55. The summed E-state index contributed by atoms with van der Waals surface area (Å²) in [6.45, 7) is -0.286. The predicted molar refractivity (Wildman–Crippen MR) is 31.6 cm³/mol. The van der Waals surface area contributed by atoms with Crippen LogP contribution in [-0.2, 0) is 0 Å². The van der Waals surface area contributed by atoms with Gasteiger partial charge in [-0.15, -0.1) is 0 Å². The van der Waals surface area contributed by atoms with Crippen molar-refractivity contribution in [2.45, 2.75) is 18.4 Å². The molecule has 0 aromatic heterocycles. The van der Waals surface area contributed by atoms with E-state index in [9.17, 15) is 8.78 Å². The first kappa shape index (κ1) is 7.42. The van der Waals surface area contributed by atoms with Crippen molar-refractivity contribution < 1.29 is 8.78 Å². The van der Waals surface area contributed by atoms with Gasteiger partial charge in [-0.1, -0.05) is 0 Å². The summed E-state index contributed by atoms with van der Waals surface area (Å²) in [5, 5.41) is 8.34.